The van der Waals surface area contributed by atoms with Crippen LogP contribution in [0.1, 0.15) is 29.5 Å². The van der Waals surface area contributed by atoms with Crippen molar-refractivity contribution < 1.29 is 0 Å². The predicted molar refractivity (Wildman–Crippen MR) is 79.8 cm³/mol. The van der Waals surface area contributed by atoms with E-state index in [-0.39, 0.29) is 0 Å². The SMILES string of the molecule is Cc1nc2ccc(NC3CCc4cccnc43)cc2[nH]1. The number of aryl methyl sites for hydroxylation is 2. The van der Waals surface area contributed by atoms with Gasteiger partial charge in [-0.15, -0.1) is 0 Å². The van der Waals surface area contributed by atoms with Gasteiger partial charge in [0.25, 0.3) is 0 Å². The minimum atomic E-state index is 0.313. The molecule has 0 radical (unpaired) electrons. The van der Waals surface area contributed by atoms with Gasteiger partial charge < -0.3 is 10.3 Å². The van der Waals surface area contributed by atoms with Gasteiger partial charge in [0.1, 0.15) is 5.82 Å². The number of aromatic nitrogens is 3. The summed E-state index contributed by atoms with van der Waals surface area (Å²) < 4.78 is 0. The van der Waals surface area contributed by atoms with Crippen LogP contribution in [0.4, 0.5) is 5.69 Å². The van der Waals surface area contributed by atoms with E-state index in [1.807, 2.05) is 19.2 Å². The first kappa shape index (κ1) is 11.5. The number of anilines is 1. The topological polar surface area (TPSA) is 53.6 Å². The minimum absolute atomic E-state index is 0.313. The zero-order valence-corrected chi connectivity index (χ0v) is 11.4. The minimum Gasteiger partial charge on any atom is -0.377 e. The first-order valence-electron chi connectivity index (χ1n) is 6.96. The lowest BCUT2D eigenvalue weighted by atomic mass is 10.2. The molecule has 1 atom stereocenters. The summed E-state index contributed by atoms with van der Waals surface area (Å²) in [6.45, 7) is 1.98. The number of hydrogen-bond acceptors (Lipinski definition) is 3. The Balaban J connectivity index is 1.65. The van der Waals surface area contributed by atoms with Crippen molar-refractivity contribution in [2.45, 2.75) is 25.8 Å². The van der Waals surface area contributed by atoms with Crippen LogP contribution < -0.4 is 5.32 Å². The Bertz CT molecular complexity index is 775. The Morgan fingerprint density at radius 2 is 2.25 bits per heavy atom. The molecule has 0 fully saturated rings. The number of aromatic amines is 1. The molecular weight excluding hydrogens is 248 g/mol. The van der Waals surface area contributed by atoms with Crippen molar-refractivity contribution >= 4 is 16.7 Å². The molecule has 0 saturated carbocycles. The van der Waals surface area contributed by atoms with E-state index in [2.05, 4.69) is 44.5 Å². The monoisotopic (exact) mass is 264 g/mol. The van der Waals surface area contributed by atoms with E-state index < -0.39 is 0 Å². The lowest BCUT2D eigenvalue weighted by Gasteiger charge is -2.14. The molecule has 1 aliphatic rings. The molecule has 3 aromatic rings. The van der Waals surface area contributed by atoms with Gasteiger partial charge in [0.2, 0.25) is 0 Å². The van der Waals surface area contributed by atoms with Crippen molar-refractivity contribution in [1.82, 2.24) is 15.0 Å². The molecule has 0 spiro atoms. The second-order valence-corrected chi connectivity index (χ2v) is 5.34. The number of pyridine rings is 1. The highest BCUT2D eigenvalue weighted by molar-refractivity contribution is 5.79. The largest absolute Gasteiger partial charge is 0.377 e. The fraction of sp³-hybridized carbons (Fsp3) is 0.250. The van der Waals surface area contributed by atoms with E-state index in [1.54, 1.807) is 0 Å². The number of imidazole rings is 1. The summed E-state index contributed by atoms with van der Waals surface area (Å²) in [7, 11) is 0. The standard InChI is InChI=1S/C16H16N4/c1-10-18-13-7-5-12(9-15(13)19-10)20-14-6-4-11-3-2-8-17-16(11)14/h2-3,5,7-9,14,20H,4,6H2,1H3,(H,18,19). The lowest BCUT2D eigenvalue weighted by Crippen LogP contribution is -2.08. The number of H-pyrrole nitrogens is 1. The molecule has 0 aliphatic heterocycles. The molecule has 0 bridgehead atoms. The average molecular weight is 264 g/mol. The van der Waals surface area contributed by atoms with E-state index in [4.69, 9.17) is 0 Å². The van der Waals surface area contributed by atoms with Crippen LogP contribution >= 0.6 is 0 Å². The van der Waals surface area contributed by atoms with Crippen LogP contribution in [0.25, 0.3) is 11.0 Å². The first-order chi connectivity index (χ1) is 9.79. The first-order valence-corrected chi connectivity index (χ1v) is 6.96. The van der Waals surface area contributed by atoms with Crippen LogP contribution in [0.2, 0.25) is 0 Å². The summed E-state index contributed by atoms with van der Waals surface area (Å²) in [5.74, 6) is 0.949. The van der Waals surface area contributed by atoms with Crippen LogP contribution in [0, 0.1) is 6.92 Å². The fourth-order valence-electron chi connectivity index (χ4n) is 2.98. The highest BCUT2D eigenvalue weighted by atomic mass is 15.0. The lowest BCUT2D eigenvalue weighted by molar-refractivity contribution is 0.746. The number of nitrogens with zero attached hydrogens (tertiary/aromatic N) is 2. The van der Waals surface area contributed by atoms with Crippen LogP contribution in [-0.4, -0.2) is 15.0 Å². The fourth-order valence-corrected chi connectivity index (χ4v) is 2.98. The third-order valence-electron chi connectivity index (χ3n) is 3.90. The van der Waals surface area contributed by atoms with Gasteiger partial charge in [-0.1, -0.05) is 6.07 Å². The molecule has 4 nitrogen and oxygen atoms in total. The van der Waals surface area contributed by atoms with E-state index >= 15 is 0 Å². The van der Waals surface area contributed by atoms with Crippen molar-refractivity contribution in [3.63, 3.8) is 0 Å². The second kappa shape index (κ2) is 4.34. The molecule has 0 amide bonds. The van der Waals surface area contributed by atoms with Gasteiger partial charge in [-0.2, -0.15) is 0 Å². The van der Waals surface area contributed by atoms with Gasteiger partial charge in [0, 0.05) is 11.9 Å². The Morgan fingerprint density at radius 1 is 1.30 bits per heavy atom. The molecule has 4 heteroatoms. The Labute approximate surface area is 117 Å². The summed E-state index contributed by atoms with van der Waals surface area (Å²) in [6.07, 6.45) is 4.08. The molecule has 1 unspecified atom stereocenters. The number of fused-ring (bicyclic) bond motifs is 2. The quantitative estimate of drug-likeness (QED) is 0.746. The summed E-state index contributed by atoms with van der Waals surface area (Å²) >= 11 is 0. The zero-order chi connectivity index (χ0) is 13.5. The number of nitrogens with one attached hydrogen (secondary N) is 2. The van der Waals surface area contributed by atoms with Gasteiger partial charge >= 0.3 is 0 Å². The van der Waals surface area contributed by atoms with Crippen molar-refractivity contribution in [2.24, 2.45) is 0 Å². The summed E-state index contributed by atoms with van der Waals surface area (Å²) in [4.78, 5) is 12.2. The average Bonchev–Trinajstić information content (AvgIpc) is 3.02. The smallest absolute Gasteiger partial charge is 0.104 e. The van der Waals surface area contributed by atoms with Gasteiger partial charge in [0.05, 0.1) is 22.8 Å². The van der Waals surface area contributed by atoms with Gasteiger partial charge in [-0.3, -0.25) is 4.98 Å². The predicted octanol–water partition coefficient (Wildman–Crippen LogP) is 3.37. The molecule has 20 heavy (non-hydrogen) atoms. The van der Waals surface area contributed by atoms with Gasteiger partial charge in [0.15, 0.2) is 0 Å². The molecule has 2 aromatic heterocycles. The van der Waals surface area contributed by atoms with Gasteiger partial charge in [-0.05, 0) is 49.6 Å². The summed E-state index contributed by atoms with van der Waals surface area (Å²) in [6, 6.07) is 10.8. The maximum Gasteiger partial charge on any atom is 0.104 e. The van der Waals surface area contributed by atoms with Crippen molar-refractivity contribution in [3.05, 3.63) is 53.6 Å². The molecule has 4 rings (SSSR count). The highest BCUT2D eigenvalue weighted by Gasteiger charge is 2.23. The molecule has 2 heterocycles. The Morgan fingerprint density at radius 3 is 3.20 bits per heavy atom. The maximum atomic E-state index is 4.52. The summed E-state index contributed by atoms with van der Waals surface area (Å²) in [5.41, 5.74) is 5.76. The third kappa shape index (κ3) is 1.84. The van der Waals surface area contributed by atoms with Crippen LogP contribution in [0.3, 0.4) is 0 Å². The maximum absolute atomic E-state index is 4.52. The molecule has 0 saturated heterocycles. The van der Waals surface area contributed by atoms with Crippen LogP contribution in [0.5, 0.6) is 0 Å². The Kier molecular flexibility index (Phi) is 2.49. The molecule has 2 N–H and O–H groups in total. The van der Waals surface area contributed by atoms with Crippen LogP contribution in [0.15, 0.2) is 36.5 Å². The number of benzene rings is 1. The Hall–Kier alpha value is -2.36. The number of hydrogen-bond donors (Lipinski definition) is 2. The van der Waals surface area contributed by atoms with Crippen molar-refractivity contribution in [1.29, 1.82) is 0 Å². The van der Waals surface area contributed by atoms with Crippen molar-refractivity contribution in [2.75, 3.05) is 5.32 Å². The second-order valence-electron chi connectivity index (χ2n) is 5.34. The highest BCUT2D eigenvalue weighted by Crippen LogP contribution is 2.32. The number of rotatable bonds is 2. The summed E-state index contributed by atoms with van der Waals surface area (Å²) in [5, 5.41) is 3.59. The van der Waals surface area contributed by atoms with E-state index in [1.165, 1.54) is 11.3 Å². The van der Waals surface area contributed by atoms with Gasteiger partial charge in [-0.25, -0.2) is 4.98 Å². The molecule has 100 valence electrons. The third-order valence-corrected chi connectivity index (χ3v) is 3.90. The molecular formula is C16H16N4. The van der Waals surface area contributed by atoms with Crippen molar-refractivity contribution in [3.8, 4) is 0 Å². The van der Waals surface area contributed by atoms with E-state index in [0.717, 1.165) is 35.4 Å². The normalized spacial score (nSPS) is 17.4. The van der Waals surface area contributed by atoms with Crippen LogP contribution in [-0.2, 0) is 6.42 Å². The zero-order valence-electron chi connectivity index (χ0n) is 11.4. The molecule has 1 aliphatic carbocycles. The molecule has 1 aromatic carbocycles. The van der Waals surface area contributed by atoms with E-state index in [0.29, 0.717) is 6.04 Å². The van der Waals surface area contributed by atoms with E-state index in [9.17, 15) is 0 Å².